The molecule has 1 aliphatic heterocycles. The van der Waals surface area contributed by atoms with Gasteiger partial charge in [0.15, 0.2) is 19.0 Å². The van der Waals surface area contributed by atoms with E-state index in [-0.39, 0.29) is 18.1 Å². The third kappa shape index (κ3) is 5.54. The Hall–Kier alpha value is -3.94. The van der Waals surface area contributed by atoms with E-state index >= 15 is 0 Å². The Morgan fingerprint density at radius 1 is 1.20 bits per heavy atom. The summed E-state index contributed by atoms with van der Waals surface area (Å²) in [4.78, 5) is 47.7. The predicted octanol–water partition coefficient (Wildman–Crippen LogP) is 1.96. The van der Waals surface area contributed by atoms with Crippen molar-refractivity contribution in [2.75, 3.05) is 18.5 Å². The van der Waals surface area contributed by atoms with E-state index in [0.717, 1.165) is 5.56 Å². The summed E-state index contributed by atoms with van der Waals surface area (Å²) >= 11 is 0. The first-order valence-electron chi connectivity index (χ1n) is 9.22. The monoisotopic (exact) mass is 408 g/mol. The molecule has 8 nitrogen and oxygen atoms in total. The number of ether oxygens (including phenoxy) is 2. The van der Waals surface area contributed by atoms with E-state index in [0.29, 0.717) is 11.4 Å². The van der Waals surface area contributed by atoms with Crippen LogP contribution in [0.15, 0.2) is 54.6 Å². The molecular weight excluding hydrogens is 388 g/mol. The van der Waals surface area contributed by atoms with Crippen molar-refractivity contribution < 1.29 is 28.7 Å². The fourth-order valence-corrected chi connectivity index (χ4v) is 2.66. The van der Waals surface area contributed by atoms with Crippen LogP contribution in [-0.2, 0) is 19.1 Å². The SMILES string of the molecule is C[C@H](NC(=O)/C=C/c1ccccc1)C(=O)OCC(=O)c1ccc2c(c1)NC(=O)CO2. The number of hydrogen-bond acceptors (Lipinski definition) is 6. The first-order chi connectivity index (χ1) is 14.4. The summed E-state index contributed by atoms with van der Waals surface area (Å²) in [6.45, 7) is 0.890. The molecule has 0 aromatic heterocycles. The van der Waals surface area contributed by atoms with Crippen molar-refractivity contribution in [2.24, 2.45) is 0 Å². The molecule has 2 amide bonds. The van der Waals surface area contributed by atoms with Crippen molar-refractivity contribution in [3.8, 4) is 5.75 Å². The Kier molecular flexibility index (Phi) is 6.59. The Morgan fingerprint density at radius 3 is 2.73 bits per heavy atom. The van der Waals surface area contributed by atoms with Gasteiger partial charge in [-0.05, 0) is 36.8 Å². The van der Waals surface area contributed by atoms with Gasteiger partial charge >= 0.3 is 5.97 Å². The third-order valence-corrected chi connectivity index (χ3v) is 4.22. The number of ketones is 1. The first kappa shape index (κ1) is 20.8. The maximum Gasteiger partial charge on any atom is 0.328 e. The average Bonchev–Trinajstić information content (AvgIpc) is 2.75. The van der Waals surface area contributed by atoms with Gasteiger partial charge in [0.25, 0.3) is 5.91 Å². The molecule has 0 aliphatic carbocycles. The summed E-state index contributed by atoms with van der Waals surface area (Å²) in [5.41, 5.74) is 1.49. The van der Waals surface area contributed by atoms with E-state index in [1.165, 1.54) is 25.1 Å². The van der Waals surface area contributed by atoms with Crippen LogP contribution < -0.4 is 15.4 Å². The second-order valence-corrected chi connectivity index (χ2v) is 6.55. The zero-order valence-electron chi connectivity index (χ0n) is 16.2. The Morgan fingerprint density at radius 2 is 1.97 bits per heavy atom. The minimum absolute atomic E-state index is 0.0813. The lowest BCUT2D eigenvalue weighted by Crippen LogP contribution is -2.39. The molecule has 1 heterocycles. The molecule has 0 radical (unpaired) electrons. The highest BCUT2D eigenvalue weighted by molar-refractivity contribution is 6.02. The zero-order valence-corrected chi connectivity index (χ0v) is 16.2. The topological polar surface area (TPSA) is 111 Å². The van der Waals surface area contributed by atoms with E-state index in [1.54, 1.807) is 12.1 Å². The van der Waals surface area contributed by atoms with Crippen LogP contribution in [0.4, 0.5) is 5.69 Å². The second kappa shape index (κ2) is 9.51. The number of amides is 2. The molecule has 0 unspecified atom stereocenters. The third-order valence-electron chi connectivity index (χ3n) is 4.22. The number of carbonyl (C=O) groups excluding carboxylic acids is 4. The van der Waals surface area contributed by atoms with Gasteiger partial charge in [-0.1, -0.05) is 30.3 Å². The lowest BCUT2D eigenvalue weighted by atomic mass is 10.1. The van der Waals surface area contributed by atoms with E-state index in [4.69, 9.17) is 9.47 Å². The van der Waals surface area contributed by atoms with Gasteiger partial charge < -0.3 is 20.1 Å². The molecular formula is C22H20N2O6. The number of Topliss-reactive ketones (excluding diaryl/α,β-unsaturated/α-hetero) is 1. The van der Waals surface area contributed by atoms with Crippen LogP contribution in [0, 0.1) is 0 Å². The van der Waals surface area contributed by atoms with Gasteiger partial charge in [-0.25, -0.2) is 4.79 Å². The minimum atomic E-state index is -0.929. The number of rotatable bonds is 7. The molecule has 0 fully saturated rings. The molecule has 2 aromatic carbocycles. The summed E-state index contributed by atoms with van der Waals surface area (Å²) in [6.07, 6.45) is 2.93. The summed E-state index contributed by atoms with van der Waals surface area (Å²) < 4.78 is 10.2. The van der Waals surface area contributed by atoms with Gasteiger partial charge in [-0.2, -0.15) is 0 Å². The fraction of sp³-hybridized carbons (Fsp3) is 0.182. The maximum atomic E-state index is 12.3. The van der Waals surface area contributed by atoms with Crippen molar-refractivity contribution in [1.82, 2.24) is 5.32 Å². The van der Waals surface area contributed by atoms with Crippen LogP contribution in [0.5, 0.6) is 5.75 Å². The standard InChI is InChI=1S/C22H20N2O6/c1-14(23-20(26)10-7-15-5-3-2-4-6-15)22(28)30-12-18(25)16-8-9-19-17(11-16)24-21(27)13-29-19/h2-11,14H,12-13H2,1H3,(H,23,26)(H,24,27)/b10-7+/t14-/m0/s1. The molecule has 2 aromatic rings. The number of benzene rings is 2. The van der Waals surface area contributed by atoms with Gasteiger partial charge in [-0.3, -0.25) is 14.4 Å². The lowest BCUT2D eigenvalue weighted by Gasteiger charge is -2.18. The molecule has 8 heteroatoms. The summed E-state index contributed by atoms with van der Waals surface area (Å²) in [7, 11) is 0. The van der Waals surface area contributed by atoms with E-state index in [9.17, 15) is 19.2 Å². The van der Waals surface area contributed by atoms with Gasteiger partial charge in [-0.15, -0.1) is 0 Å². The molecule has 154 valence electrons. The van der Waals surface area contributed by atoms with Crippen molar-refractivity contribution in [3.63, 3.8) is 0 Å². The Bertz CT molecular complexity index is 1000. The molecule has 0 bridgehead atoms. The smallest absolute Gasteiger partial charge is 0.328 e. The average molecular weight is 408 g/mol. The fourth-order valence-electron chi connectivity index (χ4n) is 2.66. The number of esters is 1. The molecule has 0 spiro atoms. The summed E-state index contributed by atoms with van der Waals surface area (Å²) in [6, 6.07) is 12.8. The molecule has 2 N–H and O–H groups in total. The quantitative estimate of drug-likeness (QED) is 0.412. The molecule has 0 saturated heterocycles. The van der Waals surface area contributed by atoms with Gasteiger partial charge in [0.2, 0.25) is 5.91 Å². The zero-order chi connectivity index (χ0) is 21.5. The number of nitrogens with one attached hydrogen (secondary N) is 2. The first-order valence-corrected chi connectivity index (χ1v) is 9.22. The van der Waals surface area contributed by atoms with Crippen LogP contribution in [0.3, 0.4) is 0 Å². The van der Waals surface area contributed by atoms with Crippen LogP contribution in [0.25, 0.3) is 6.08 Å². The Labute approximate surface area is 172 Å². The van der Waals surface area contributed by atoms with Gasteiger partial charge in [0.05, 0.1) is 5.69 Å². The van der Waals surface area contributed by atoms with Gasteiger partial charge in [0.1, 0.15) is 11.8 Å². The minimum Gasteiger partial charge on any atom is -0.482 e. The predicted molar refractivity (Wildman–Crippen MR) is 109 cm³/mol. The van der Waals surface area contributed by atoms with Crippen LogP contribution in [0.1, 0.15) is 22.8 Å². The van der Waals surface area contributed by atoms with Gasteiger partial charge in [0, 0.05) is 11.6 Å². The highest BCUT2D eigenvalue weighted by atomic mass is 16.5. The maximum absolute atomic E-state index is 12.3. The van der Waals surface area contributed by atoms with Crippen molar-refractivity contribution >= 4 is 35.3 Å². The summed E-state index contributed by atoms with van der Waals surface area (Å²) in [5, 5.41) is 5.09. The number of fused-ring (bicyclic) bond motifs is 1. The van der Waals surface area contributed by atoms with E-state index < -0.39 is 30.3 Å². The van der Waals surface area contributed by atoms with E-state index in [1.807, 2.05) is 30.3 Å². The van der Waals surface area contributed by atoms with Crippen molar-refractivity contribution in [2.45, 2.75) is 13.0 Å². The lowest BCUT2D eigenvalue weighted by molar-refractivity contribution is -0.145. The van der Waals surface area contributed by atoms with Crippen LogP contribution in [0.2, 0.25) is 0 Å². The van der Waals surface area contributed by atoms with Crippen molar-refractivity contribution in [1.29, 1.82) is 0 Å². The number of anilines is 1. The molecule has 1 aliphatic rings. The molecule has 1 atom stereocenters. The van der Waals surface area contributed by atoms with E-state index in [2.05, 4.69) is 10.6 Å². The largest absolute Gasteiger partial charge is 0.482 e. The van der Waals surface area contributed by atoms with Crippen LogP contribution in [-0.4, -0.2) is 42.8 Å². The highest BCUT2D eigenvalue weighted by Crippen LogP contribution is 2.28. The summed E-state index contributed by atoms with van der Waals surface area (Å²) in [5.74, 6) is -1.50. The van der Waals surface area contributed by atoms with Crippen LogP contribution >= 0.6 is 0 Å². The number of carbonyl (C=O) groups is 4. The molecule has 3 rings (SSSR count). The highest BCUT2D eigenvalue weighted by Gasteiger charge is 2.20. The molecule has 30 heavy (non-hydrogen) atoms. The molecule has 0 saturated carbocycles. The number of hydrogen-bond donors (Lipinski definition) is 2. The Balaban J connectivity index is 1.49. The van der Waals surface area contributed by atoms with Crippen molar-refractivity contribution in [3.05, 3.63) is 65.7 Å². The second-order valence-electron chi connectivity index (χ2n) is 6.55. The normalized spacial score (nSPS) is 13.6.